The van der Waals surface area contributed by atoms with Gasteiger partial charge in [0.25, 0.3) is 0 Å². The second-order valence-electron chi connectivity index (χ2n) is 3.70. The molecule has 0 bridgehead atoms. The summed E-state index contributed by atoms with van der Waals surface area (Å²) in [5, 5.41) is 3.97. The summed E-state index contributed by atoms with van der Waals surface area (Å²) in [6, 6.07) is 8.13. The zero-order chi connectivity index (χ0) is 13.0. The number of methoxy groups -OCH3 is 1. The predicted molar refractivity (Wildman–Crippen MR) is 73.4 cm³/mol. The molecule has 0 aliphatic rings. The van der Waals surface area contributed by atoms with Gasteiger partial charge < -0.3 is 9.26 Å². The lowest BCUT2D eigenvalue weighted by molar-refractivity contribution is 0.174. The van der Waals surface area contributed by atoms with Crippen molar-refractivity contribution in [1.82, 2.24) is 10.1 Å². The van der Waals surface area contributed by atoms with E-state index < -0.39 is 0 Å². The highest BCUT2D eigenvalue weighted by Gasteiger charge is 2.15. The van der Waals surface area contributed by atoms with Crippen LogP contribution in [0.5, 0.6) is 0 Å². The number of aromatic nitrogens is 2. The summed E-state index contributed by atoms with van der Waals surface area (Å²) >= 11 is 5.09. The smallest absolute Gasteiger partial charge is 0.239 e. The van der Waals surface area contributed by atoms with E-state index in [9.17, 15) is 0 Å². The molecule has 0 saturated carbocycles. The lowest BCUT2D eigenvalue weighted by Crippen LogP contribution is -1.92. The maximum atomic E-state index is 5.20. The summed E-state index contributed by atoms with van der Waals surface area (Å²) in [6.07, 6.45) is 0. The molecular weight excluding hydrogens is 316 g/mol. The van der Waals surface area contributed by atoms with Crippen molar-refractivity contribution in [2.24, 2.45) is 0 Å². The second-order valence-corrected chi connectivity index (χ2v) is 6.03. The monoisotopic (exact) mass is 328 g/mol. The Balaban J connectivity index is 2.02. The molecule has 0 amide bonds. The van der Waals surface area contributed by atoms with Crippen molar-refractivity contribution in [3.8, 4) is 0 Å². The van der Waals surface area contributed by atoms with Gasteiger partial charge in [-0.05, 0) is 31.2 Å². The largest absolute Gasteiger partial charge is 0.377 e. The molecule has 96 valence electrons. The number of halogens is 1. The van der Waals surface area contributed by atoms with Crippen LogP contribution in [0.15, 0.2) is 38.2 Å². The minimum atomic E-state index is 0.115. The van der Waals surface area contributed by atoms with E-state index in [4.69, 9.17) is 9.26 Å². The van der Waals surface area contributed by atoms with E-state index in [0.29, 0.717) is 18.3 Å². The molecule has 1 unspecified atom stereocenters. The molecule has 2 rings (SSSR count). The molecule has 0 aliphatic heterocycles. The fraction of sp³-hybridized carbons (Fsp3) is 0.333. The molecule has 1 heterocycles. The number of benzene rings is 1. The summed E-state index contributed by atoms with van der Waals surface area (Å²) in [5.74, 6) is 1.20. The molecule has 0 fully saturated rings. The van der Waals surface area contributed by atoms with Crippen LogP contribution in [0, 0.1) is 0 Å². The molecular formula is C12H13BrN2O2S. The van der Waals surface area contributed by atoms with Gasteiger partial charge in [-0.1, -0.05) is 21.1 Å². The Hall–Kier alpha value is -0.850. The molecule has 2 aromatic rings. The van der Waals surface area contributed by atoms with Crippen LogP contribution >= 0.6 is 27.7 Å². The summed E-state index contributed by atoms with van der Waals surface area (Å²) in [7, 11) is 1.61. The van der Waals surface area contributed by atoms with Crippen molar-refractivity contribution < 1.29 is 9.26 Å². The van der Waals surface area contributed by atoms with Gasteiger partial charge in [-0.3, -0.25) is 0 Å². The Kier molecular flexibility index (Phi) is 4.79. The number of thioether (sulfide) groups is 1. The van der Waals surface area contributed by atoms with E-state index in [1.807, 2.05) is 19.1 Å². The molecule has 0 saturated heterocycles. The third-order valence-corrected chi connectivity index (χ3v) is 3.86. The molecule has 0 N–H and O–H groups in total. The third kappa shape index (κ3) is 3.57. The van der Waals surface area contributed by atoms with Gasteiger partial charge in [-0.25, -0.2) is 0 Å². The molecule has 1 aromatic heterocycles. The van der Waals surface area contributed by atoms with Crippen molar-refractivity contribution >= 4 is 27.7 Å². The summed E-state index contributed by atoms with van der Waals surface area (Å²) in [6.45, 7) is 2.41. The predicted octanol–water partition coefficient (Wildman–Crippen LogP) is 3.83. The third-order valence-electron chi connectivity index (χ3n) is 2.23. The van der Waals surface area contributed by atoms with E-state index in [1.165, 1.54) is 0 Å². The molecule has 18 heavy (non-hydrogen) atoms. The van der Waals surface area contributed by atoms with Crippen LogP contribution in [0.2, 0.25) is 0 Å². The van der Waals surface area contributed by atoms with Crippen LogP contribution in [-0.2, 0) is 11.3 Å². The summed E-state index contributed by atoms with van der Waals surface area (Å²) in [4.78, 5) is 5.44. The van der Waals surface area contributed by atoms with Crippen LogP contribution in [0.4, 0.5) is 0 Å². The van der Waals surface area contributed by atoms with Crippen molar-refractivity contribution in [1.29, 1.82) is 0 Å². The second kappa shape index (κ2) is 6.36. The first-order chi connectivity index (χ1) is 8.69. The van der Waals surface area contributed by atoms with Crippen molar-refractivity contribution in [2.45, 2.75) is 23.7 Å². The molecule has 0 aliphatic carbocycles. The Morgan fingerprint density at radius 3 is 2.78 bits per heavy atom. The van der Waals surface area contributed by atoms with Crippen LogP contribution in [-0.4, -0.2) is 17.3 Å². The average Bonchev–Trinajstić information content (AvgIpc) is 2.81. The van der Waals surface area contributed by atoms with Crippen LogP contribution in [0.25, 0.3) is 0 Å². The van der Waals surface area contributed by atoms with Gasteiger partial charge in [-0.15, -0.1) is 11.8 Å². The van der Waals surface area contributed by atoms with E-state index >= 15 is 0 Å². The van der Waals surface area contributed by atoms with E-state index in [2.05, 4.69) is 38.2 Å². The van der Waals surface area contributed by atoms with Crippen molar-refractivity contribution in [2.75, 3.05) is 7.11 Å². The maximum absolute atomic E-state index is 5.20. The number of hydrogen-bond acceptors (Lipinski definition) is 5. The molecule has 0 radical (unpaired) electrons. The lowest BCUT2D eigenvalue weighted by Gasteiger charge is -2.05. The first-order valence-corrected chi connectivity index (χ1v) is 7.10. The zero-order valence-electron chi connectivity index (χ0n) is 10.1. The van der Waals surface area contributed by atoms with Gasteiger partial charge in [0.15, 0.2) is 5.82 Å². The van der Waals surface area contributed by atoms with Crippen LogP contribution in [0.3, 0.4) is 0 Å². The highest BCUT2D eigenvalue weighted by molar-refractivity contribution is 9.10. The highest BCUT2D eigenvalue weighted by Crippen LogP contribution is 2.34. The Morgan fingerprint density at radius 1 is 1.39 bits per heavy atom. The van der Waals surface area contributed by atoms with Crippen molar-refractivity contribution in [3.63, 3.8) is 0 Å². The number of nitrogens with zero attached hydrogens (tertiary/aromatic N) is 2. The van der Waals surface area contributed by atoms with E-state index in [0.717, 1.165) is 9.37 Å². The molecule has 0 spiro atoms. The zero-order valence-corrected chi connectivity index (χ0v) is 12.5. The van der Waals surface area contributed by atoms with Gasteiger partial charge in [0.2, 0.25) is 5.89 Å². The highest BCUT2D eigenvalue weighted by atomic mass is 79.9. The first-order valence-electron chi connectivity index (χ1n) is 5.42. The van der Waals surface area contributed by atoms with Gasteiger partial charge in [0.1, 0.15) is 6.61 Å². The Bertz CT molecular complexity index is 501. The van der Waals surface area contributed by atoms with Gasteiger partial charge in [0, 0.05) is 16.5 Å². The normalized spacial score (nSPS) is 12.6. The summed E-state index contributed by atoms with van der Waals surface area (Å²) < 4.78 is 11.2. The fourth-order valence-electron chi connectivity index (χ4n) is 1.39. The minimum absolute atomic E-state index is 0.115. The quantitative estimate of drug-likeness (QED) is 0.780. The standard InChI is InChI=1S/C12H13BrN2O2S/c1-8(12-14-11(7-16-2)15-17-12)18-10-5-3-9(13)4-6-10/h3-6,8H,7H2,1-2H3. The number of rotatable bonds is 5. The first kappa shape index (κ1) is 13.6. The number of ether oxygens (including phenoxy) is 1. The van der Waals surface area contributed by atoms with E-state index in [-0.39, 0.29) is 5.25 Å². The molecule has 1 aromatic carbocycles. The minimum Gasteiger partial charge on any atom is -0.377 e. The van der Waals surface area contributed by atoms with E-state index in [1.54, 1.807) is 18.9 Å². The van der Waals surface area contributed by atoms with Gasteiger partial charge >= 0.3 is 0 Å². The molecule has 4 nitrogen and oxygen atoms in total. The Labute approximate surface area is 118 Å². The lowest BCUT2D eigenvalue weighted by atomic mass is 10.4. The van der Waals surface area contributed by atoms with Gasteiger partial charge in [-0.2, -0.15) is 4.98 Å². The molecule has 6 heteroatoms. The van der Waals surface area contributed by atoms with Crippen LogP contribution in [0.1, 0.15) is 23.9 Å². The SMILES string of the molecule is COCc1noc(C(C)Sc2ccc(Br)cc2)n1. The van der Waals surface area contributed by atoms with Gasteiger partial charge in [0.05, 0.1) is 5.25 Å². The Morgan fingerprint density at radius 2 is 2.11 bits per heavy atom. The maximum Gasteiger partial charge on any atom is 0.239 e. The topological polar surface area (TPSA) is 48.2 Å². The van der Waals surface area contributed by atoms with Crippen molar-refractivity contribution in [3.05, 3.63) is 40.5 Å². The number of hydrogen-bond donors (Lipinski definition) is 0. The van der Waals surface area contributed by atoms with Crippen LogP contribution < -0.4 is 0 Å². The fourth-order valence-corrected chi connectivity index (χ4v) is 2.55. The average molecular weight is 329 g/mol. The molecule has 1 atom stereocenters. The summed E-state index contributed by atoms with van der Waals surface area (Å²) in [5.41, 5.74) is 0.